The average molecular weight is 360 g/mol. The summed E-state index contributed by atoms with van der Waals surface area (Å²) in [5.74, 6) is -0.330. The molecule has 1 atom stereocenters. The van der Waals surface area contributed by atoms with Crippen LogP contribution in [-0.4, -0.2) is 36.3 Å². The van der Waals surface area contributed by atoms with Gasteiger partial charge in [-0.05, 0) is 12.0 Å². The van der Waals surface area contributed by atoms with Crippen LogP contribution in [0.1, 0.15) is 31.7 Å². The summed E-state index contributed by atoms with van der Waals surface area (Å²) in [6.45, 7) is 2.54. The van der Waals surface area contributed by atoms with Crippen LogP contribution in [0.5, 0.6) is 0 Å². The van der Waals surface area contributed by atoms with Crippen molar-refractivity contribution < 1.29 is 14.4 Å². The Labute approximate surface area is 152 Å². The van der Waals surface area contributed by atoms with Crippen molar-refractivity contribution in [2.45, 2.75) is 38.6 Å². The Balaban J connectivity index is 1.82. The zero-order valence-corrected chi connectivity index (χ0v) is 14.7. The Morgan fingerprint density at radius 1 is 1.15 bits per heavy atom. The van der Waals surface area contributed by atoms with Crippen LogP contribution in [0.3, 0.4) is 0 Å². The first kappa shape index (κ1) is 19.2. The number of amidine groups is 1. The van der Waals surface area contributed by atoms with Crippen molar-refractivity contribution in [2.75, 3.05) is 6.54 Å². The SMILES string of the molecule is CCCCNC(=O)NNC(=O)CC1N=C(Cc2ccccc2)NNC1=O. The van der Waals surface area contributed by atoms with E-state index in [4.69, 9.17) is 0 Å². The Hall–Kier alpha value is -3.10. The monoisotopic (exact) mass is 360 g/mol. The van der Waals surface area contributed by atoms with Crippen LogP contribution in [0.25, 0.3) is 0 Å². The highest BCUT2D eigenvalue weighted by Crippen LogP contribution is 2.06. The zero-order valence-electron chi connectivity index (χ0n) is 14.7. The molecular formula is C17H24N6O3. The fraction of sp³-hybridized carbons (Fsp3) is 0.412. The molecule has 0 saturated carbocycles. The topological polar surface area (TPSA) is 124 Å². The minimum atomic E-state index is -0.847. The highest BCUT2D eigenvalue weighted by Gasteiger charge is 2.25. The van der Waals surface area contributed by atoms with E-state index in [-0.39, 0.29) is 6.42 Å². The minimum Gasteiger partial charge on any atom is -0.337 e. The molecule has 0 fully saturated rings. The second-order valence-corrected chi connectivity index (χ2v) is 5.85. The first-order chi connectivity index (χ1) is 12.6. The molecule has 0 spiro atoms. The summed E-state index contributed by atoms with van der Waals surface area (Å²) in [5, 5.41) is 2.60. The first-order valence-electron chi connectivity index (χ1n) is 8.57. The van der Waals surface area contributed by atoms with Crippen LogP contribution in [0.2, 0.25) is 0 Å². The minimum absolute atomic E-state index is 0.166. The predicted octanol–water partition coefficient (Wildman–Crippen LogP) is 0.151. The van der Waals surface area contributed by atoms with Crippen LogP contribution in [0.4, 0.5) is 4.79 Å². The standard InChI is InChI=1S/C17H24N6O3/c1-2-3-9-18-17(26)23-21-15(24)11-13-16(25)22-20-14(19-13)10-12-7-5-4-6-8-12/h4-8,13H,2-3,9-11H2,1H3,(H,19,20)(H,21,24)(H,22,25)(H2,18,23,26). The van der Waals surface area contributed by atoms with Gasteiger partial charge in [0.2, 0.25) is 5.91 Å². The molecule has 0 aliphatic carbocycles. The number of hydrogen-bond acceptors (Lipinski definition) is 5. The molecule has 2 rings (SSSR count). The summed E-state index contributed by atoms with van der Waals surface area (Å²) in [4.78, 5) is 39.6. The fourth-order valence-corrected chi connectivity index (χ4v) is 2.29. The number of benzene rings is 1. The predicted molar refractivity (Wildman–Crippen MR) is 96.8 cm³/mol. The van der Waals surface area contributed by atoms with E-state index in [1.54, 1.807) is 0 Å². The number of carbonyl (C=O) groups excluding carboxylic acids is 3. The molecule has 5 N–H and O–H groups in total. The molecule has 0 aromatic heterocycles. The van der Waals surface area contributed by atoms with Crippen LogP contribution in [0, 0.1) is 0 Å². The number of amides is 4. The lowest BCUT2D eigenvalue weighted by Crippen LogP contribution is -2.54. The van der Waals surface area contributed by atoms with Crippen molar-refractivity contribution in [1.82, 2.24) is 27.0 Å². The molecule has 140 valence electrons. The maximum atomic E-state index is 11.9. The van der Waals surface area contributed by atoms with Crippen LogP contribution in [-0.2, 0) is 16.0 Å². The van der Waals surface area contributed by atoms with Crippen LogP contribution < -0.4 is 27.0 Å². The third kappa shape index (κ3) is 6.42. The summed E-state index contributed by atoms with van der Waals surface area (Å²) in [7, 11) is 0. The van der Waals surface area contributed by atoms with Gasteiger partial charge in [-0.2, -0.15) is 0 Å². The smallest absolute Gasteiger partial charge is 0.333 e. The van der Waals surface area contributed by atoms with Crippen molar-refractivity contribution in [2.24, 2.45) is 4.99 Å². The average Bonchev–Trinajstić information content (AvgIpc) is 2.64. The molecule has 1 aromatic carbocycles. The summed E-state index contributed by atoms with van der Waals surface area (Å²) >= 11 is 0. The molecule has 1 unspecified atom stereocenters. The van der Waals surface area contributed by atoms with Crippen molar-refractivity contribution in [1.29, 1.82) is 0 Å². The van der Waals surface area contributed by atoms with Crippen molar-refractivity contribution in [3.05, 3.63) is 35.9 Å². The van der Waals surface area contributed by atoms with E-state index in [0.29, 0.717) is 18.8 Å². The van der Waals surface area contributed by atoms with Gasteiger partial charge >= 0.3 is 6.03 Å². The Morgan fingerprint density at radius 2 is 1.92 bits per heavy atom. The van der Waals surface area contributed by atoms with E-state index >= 15 is 0 Å². The highest BCUT2D eigenvalue weighted by molar-refractivity contribution is 5.96. The Morgan fingerprint density at radius 3 is 2.65 bits per heavy atom. The Bertz CT molecular complexity index is 662. The maximum absolute atomic E-state index is 11.9. The second-order valence-electron chi connectivity index (χ2n) is 5.85. The molecule has 1 heterocycles. The summed E-state index contributed by atoms with van der Waals surface area (Å²) in [6.07, 6.45) is 2.16. The maximum Gasteiger partial charge on any atom is 0.333 e. The number of nitrogens with one attached hydrogen (secondary N) is 5. The lowest BCUT2D eigenvalue weighted by atomic mass is 10.1. The summed E-state index contributed by atoms with van der Waals surface area (Å²) in [6, 6.07) is 8.31. The quantitative estimate of drug-likeness (QED) is 0.351. The van der Waals surface area contributed by atoms with Gasteiger partial charge in [0.15, 0.2) is 0 Å². The van der Waals surface area contributed by atoms with Gasteiger partial charge in [0.05, 0.1) is 6.42 Å². The molecule has 9 heteroatoms. The molecule has 26 heavy (non-hydrogen) atoms. The molecular weight excluding hydrogens is 336 g/mol. The number of hydrazine groups is 2. The lowest BCUT2D eigenvalue weighted by molar-refractivity contribution is -0.128. The van der Waals surface area contributed by atoms with Gasteiger partial charge in [0.25, 0.3) is 5.91 Å². The second kappa shape index (κ2) is 10.0. The number of urea groups is 1. The van der Waals surface area contributed by atoms with Gasteiger partial charge in [-0.1, -0.05) is 43.7 Å². The number of carbonyl (C=O) groups is 3. The third-order valence-corrected chi connectivity index (χ3v) is 3.67. The van der Waals surface area contributed by atoms with E-state index in [1.165, 1.54) is 0 Å². The summed E-state index contributed by atoms with van der Waals surface area (Å²) in [5.41, 5.74) is 10.8. The molecule has 4 amide bonds. The lowest BCUT2D eigenvalue weighted by Gasteiger charge is -2.22. The molecule has 1 aliphatic heterocycles. The number of aliphatic imine (C=N–C) groups is 1. The molecule has 1 aromatic rings. The molecule has 1 aliphatic rings. The molecule has 0 bridgehead atoms. The van der Waals surface area contributed by atoms with E-state index in [2.05, 4.69) is 32.0 Å². The van der Waals surface area contributed by atoms with E-state index in [0.717, 1.165) is 18.4 Å². The number of rotatable bonds is 7. The van der Waals surface area contributed by atoms with Crippen molar-refractivity contribution in [3.8, 4) is 0 Å². The molecule has 0 radical (unpaired) electrons. The number of unbranched alkanes of at least 4 members (excludes halogenated alkanes) is 1. The third-order valence-electron chi connectivity index (χ3n) is 3.67. The van der Waals surface area contributed by atoms with Gasteiger partial charge in [0, 0.05) is 13.0 Å². The van der Waals surface area contributed by atoms with E-state index in [9.17, 15) is 14.4 Å². The number of hydrogen-bond donors (Lipinski definition) is 5. The fourth-order valence-electron chi connectivity index (χ4n) is 2.29. The Kier molecular flexibility index (Phi) is 7.41. The first-order valence-corrected chi connectivity index (χ1v) is 8.57. The normalized spacial score (nSPS) is 16.0. The molecule has 0 saturated heterocycles. The molecule has 9 nitrogen and oxygen atoms in total. The van der Waals surface area contributed by atoms with Gasteiger partial charge in [-0.3, -0.25) is 30.9 Å². The van der Waals surface area contributed by atoms with Crippen LogP contribution in [0.15, 0.2) is 35.3 Å². The number of nitrogens with zero attached hydrogens (tertiary/aromatic N) is 1. The van der Waals surface area contributed by atoms with Crippen molar-refractivity contribution in [3.63, 3.8) is 0 Å². The highest BCUT2D eigenvalue weighted by atomic mass is 16.2. The largest absolute Gasteiger partial charge is 0.337 e. The van der Waals surface area contributed by atoms with Gasteiger partial charge in [0.1, 0.15) is 11.9 Å². The zero-order chi connectivity index (χ0) is 18.8. The van der Waals surface area contributed by atoms with Crippen molar-refractivity contribution >= 4 is 23.7 Å². The summed E-state index contributed by atoms with van der Waals surface area (Å²) < 4.78 is 0. The van der Waals surface area contributed by atoms with Gasteiger partial charge in [-0.15, -0.1) is 0 Å². The van der Waals surface area contributed by atoms with Gasteiger partial charge in [-0.25, -0.2) is 10.2 Å². The van der Waals surface area contributed by atoms with Crippen LogP contribution >= 0.6 is 0 Å². The van der Waals surface area contributed by atoms with E-state index < -0.39 is 23.9 Å². The van der Waals surface area contributed by atoms with Gasteiger partial charge < -0.3 is 5.32 Å². The van der Waals surface area contributed by atoms with E-state index in [1.807, 2.05) is 37.3 Å².